The SMILES string of the molecule is COC(=O)c1ccc(C=O)c(O)c1C=O. The van der Waals surface area contributed by atoms with Crippen molar-refractivity contribution in [3.8, 4) is 5.75 Å². The number of carbonyl (C=O) groups excluding carboxylic acids is 3. The molecule has 78 valence electrons. The fourth-order valence-electron chi connectivity index (χ4n) is 1.13. The van der Waals surface area contributed by atoms with Gasteiger partial charge in [-0.3, -0.25) is 9.59 Å². The van der Waals surface area contributed by atoms with Crippen LogP contribution in [0.25, 0.3) is 0 Å². The Morgan fingerprint density at radius 2 is 2.00 bits per heavy atom. The van der Waals surface area contributed by atoms with Gasteiger partial charge in [0.2, 0.25) is 0 Å². The summed E-state index contributed by atoms with van der Waals surface area (Å²) in [4.78, 5) is 32.3. The molecule has 0 aliphatic carbocycles. The van der Waals surface area contributed by atoms with E-state index in [-0.39, 0.29) is 16.7 Å². The molecule has 0 spiro atoms. The van der Waals surface area contributed by atoms with E-state index in [9.17, 15) is 19.5 Å². The maximum atomic E-state index is 11.2. The summed E-state index contributed by atoms with van der Waals surface area (Å²) in [5.41, 5.74) is -0.369. The summed E-state index contributed by atoms with van der Waals surface area (Å²) in [5.74, 6) is -1.26. The standard InChI is InChI=1S/C10H8O5/c1-15-10(14)7-3-2-6(4-11)9(13)8(7)5-12/h2-5,13H,1H3. The van der Waals surface area contributed by atoms with Crippen LogP contribution >= 0.6 is 0 Å². The predicted molar refractivity (Wildman–Crippen MR) is 50.2 cm³/mol. The van der Waals surface area contributed by atoms with Crippen LogP contribution in [-0.2, 0) is 4.74 Å². The van der Waals surface area contributed by atoms with E-state index in [2.05, 4.69) is 4.74 Å². The Balaban J connectivity index is 3.43. The molecule has 0 saturated heterocycles. The molecule has 5 heteroatoms. The first kappa shape index (κ1) is 10.9. The second kappa shape index (κ2) is 4.36. The fourth-order valence-corrected chi connectivity index (χ4v) is 1.13. The van der Waals surface area contributed by atoms with Crippen molar-refractivity contribution in [2.45, 2.75) is 0 Å². The minimum absolute atomic E-state index is 0.0512. The van der Waals surface area contributed by atoms with Crippen LogP contribution in [0, 0.1) is 0 Å². The molecule has 1 aromatic carbocycles. The number of hydrogen-bond donors (Lipinski definition) is 1. The summed E-state index contributed by atoms with van der Waals surface area (Å²) in [7, 11) is 1.15. The van der Waals surface area contributed by atoms with Crippen LogP contribution in [-0.4, -0.2) is 30.8 Å². The van der Waals surface area contributed by atoms with Crippen LogP contribution in [0.4, 0.5) is 0 Å². The van der Waals surface area contributed by atoms with Crippen LogP contribution in [0.3, 0.4) is 0 Å². The number of aromatic hydroxyl groups is 1. The Kier molecular flexibility index (Phi) is 3.17. The van der Waals surface area contributed by atoms with Gasteiger partial charge in [0.15, 0.2) is 12.6 Å². The zero-order chi connectivity index (χ0) is 11.4. The Labute approximate surface area is 85.3 Å². The van der Waals surface area contributed by atoms with Crippen molar-refractivity contribution in [2.24, 2.45) is 0 Å². The van der Waals surface area contributed by atoms with Gasteiger partial charge in [0.05, 0.1) is 23.8 Å². The average molecular weight is 208 g/mol. The lowest BCUT2D eigenvalue weighted by atomic mass is 10.0. The summed E-state index contributed by atoms with van der Waals surface area (Å²) in [6.45, 7) is 0. The van der Waals surface area contributed by atoms with Gasteiger partial charge in [-0.2, -0.15) is 0 Å². The van der Waals surface area contributed by atoms with E-state index in [0.717, 1.165) is 7.11 Å². The van der Waals surface area contributed by atoms with Crippen molar-refractivity contribution in [2.75, 3.05) is 7.11 Å². The van der Waals surface area contributed by atoms with Crippen LogP contribution in [0.15, 0.2) is 12.1 Å². The molecule has 0 amide bonds. The summed E-state index contributed by atoms with van der Waals surface area (Å²) in [6.07, 6.45) is 0.692. The Morgan fingerprint density at radius 1 is 1.33 bits per heavy atom. The molecule has 1 rings (SSSR count). The van der Waals surface area contributed by atoms with Gasteiger partial charge in [-0.25, -0.2) is 4.79 Å². The van der Waals surface area contributed by atoms with E-state index in [1.165, 1.54) is 12.1 Å². The van der Waals surface area contributed by atoms with Gasteiger partial charge >= 0.3 is 5.97 Å². The molecule has 0 radical (unpaired) electrons. The van der Waals surface area contributed by atoms with Crippen LogP contribution < -0.4 is 0 Å². The molecule has 5 nitrogen and oxygen atoms in total. The van der Waals surface area contributed by atoms with E-state index in [4.69, 9.17) is 0 Å². The predicted octanol–water partition coefficient (Wildman–Crippen LogP) is 0.804. The molecule has 1 aromatic rings. The van der Waals surface area contributed by atoms with E-state index in [1.54, 1.807) is 0 Å². The maximum absolute atomic E-state index is 11.2. The van der Waals surface area contributed by atoms with Gasteiger partial charge in [0, 0.05) is 0 Å². The molecular formula is C10H8O5. The van der Waals surface area contributed by atoms with Crippen molar-refractivity contribution in [3.05, 3.63) is 28.8 Å². The van der Waals surface area contributed by atoms with E-state index in [0.29, 0.717) is 12.6 Å². The monoisotopic (exact) mass is 208 g/mol. The summed E-state index contributed by atoms with van der Waals surface area (Å²) in [6, 6.07) is 2.49. The first-order valence-electron chi connectivity index (χ1n) is 4.00. The van der Waals surface area contributed by atoms with Crippen molar-refractivity contribution in [1.29, 1.82) is 0 Å². The van der Waals surface area contributed by atoms with Gasteiger partial charge in [-0.1, -0.05) is 0 Å². The third-order valence-corrected chi connectivity index (χ3v) is 1.90. The molecule has 15 heavy (non-hydrogen) atoms. The molecule has 0 aliphatic rings. The minimum atomic E-state index is -0.746. The average Bonchev–Trinajstić information content (AvgIpc) is 2.27. The highest BCUT2D eigenvalue weighted by Crippen LogP contribution is 2.23. The molecular weight excluding hydrogens is 200 g/mol. The Hall–Kier alpha value is -2.17. The molecule has 0 aromatic heterocycles. The first-order valence-corrected chi connectivity index (χ1v) is 4.00. The summed E-state index contributed by atoms with van der Waals surface area (Å²) in [5, 5.41) is 9.44. The number of aldehydes is 2. The molecule has 0 aliphatic heterocycles. The molecule has 0 fully saturated rings. The van der Waals surface area contributed by atoms with Crippen LogP contribution in [0.2, 0.25) is 0 Å². The highest BCUT2D eigenvalue weighted by molar-refractivity contribution is 6.02. The highest BCUT2D eigenvalue weighted by Gasteiger charge is 2.17. The fraction of sp³-hybridized carbons (Fsp3) is 0.100. The van der Waals surface area contributed by atoms with E-state index in [1.807, 2.05) is 0 Å². The smallest absolute Gasteiger partial charge is 0.338 e. The number of esters is 1. The molecule has 1 N–H and O–H groups in total. The van der Waals surface area contributed by atoms with E-state index >= 15 is 0 Å². The number of methoxy groups -OCH3 is 1. The molecule has 0 bridgehead atoms. The van der Waals surface area contributed by atoms with Gasteiger partial charge in [-0.15, -0.1) is 0 Å². The van der Waals surface area contributed by atoms with E-state index < -0.39 is 11.7 Å². The number of phenols is 1. The number of hydrogen-bond acceptors (Lipinski definition) is 5. The quantitative estimate of drug-likeness (QED) is 0.587. The molecule has 0 heterocycles. The zero-order valence-electron chi connectivity index (χ0n) is 7.89. The first-order chi connectivity index (χ1) is 7.15. The van der Waals surface area contributed by atoms with Gasteiger partial charge < -0.3 is 9.84 Å². The lowest BCUT2D eigenvalue weighted by Gasteiger charge is -2.05. The van der Waals surface area contributed by atoms with Crippen molar-refractivity contribution >= 4 is 18.5 Å². The topological polar surface area (TPSA) is 80.7 Å². The lowest BCUT2D eigenvalue weighted by molar-refractivity contribution is 0.0597. The third-order valence-electron chi connectivity index (χ3n) is 1.90. The highest BCUT2D eigenvalue weighted by atomic mass is 16.5. The number of benzene rings is 1. The van der Waals surface area contributed by atoms with Gasteiger partial charge in [-0.05, 0) is 12.1 Å². The largest absolute Gasteiger partial charge is 0.506 e. The van der Waals surface area contributed by atoms with Gasteiger partial charge in [0.25, 0.3) is 0 Å². The summed E-state index contributed by atoms with van der Waals surface area (Å²) >= 11 is 0. The van der Waals surface area contributed by atoms with Gasteiger partial charge in [0.1, 0.15) is 5.75 Å². The van der Waals surface area contributed by atoms with Crippen molar-refractivity contribution in [3.63, 3.8) is 0 Å². The maximum Gasteiger partial charge on any atom is 0.338 e. The third kappa shape index (κ3) is 1.85. The van der Waals surface area contributed by atoms with Crippen LogP contribution in [0.5, 0.6) is 5.75 Å². The second-order valence-corrected chi connectivity index (χ2v) is 2.69. The molecule has 0 unspecified atom stereocenters. The normalized spacial score (nSPS) is 9.40. The zero-order valence-corrected chi connectivity index (χ0v) is 7.89. The van der Waals surface area contributed by atoms with Crippen molar-refractivity contribution < 1.29 is 24.2 Å². The number of ether oxygens (including phenoxy) is 1. The molecule has 0 atom stereocenters. The number of phenolic OH excluding ortho intramolecular Hbond substituents is 1. The Bertz CT molecular complexity index is 422. The molecule has 0 saturated carbocycles. The number of carbonyl (C=O) groups is 3. The van der Waals surface area contributed by atoms with Crippen LogP contribution in [0.1, 0.15) is 31.1 Å². The summed E-state index contributed by atoms with van der Waals surface area (Å²) < 4.78 is 4.41. The minimum Gasteiger partial charge on any atom is -0.506 e. The second-order valence-electron chi connectivity index (χ2n) is 2.69. The lowest BCUT2D eigenvalue weighted by Crippen LogP contribution is -2.06. The Morgan fingerprint density at radius 3 is 2.47 bits per heavy atom. The van der Waals surface area contributed by atoms with Crippen molar-refractivity contribution in [1.82, 2.24) is 0 Å². The number of rotatable bonds is 3.